The highest BCUT2D eigenvalue weighted by molar-refractivity contribution is 4.40. The van der Waals surface area contributed by atoms with E-state index in [0.717, 1.165) is 0 Å². The van der Waals surface area contributed by atoms with Gasteiger partial charge >= 0.3 is 0 Å². The van der Waals surface area contributed by atoms with Gasteiger partial charge in [0, 0.05) is 6.61 Å². The molecule has 1 atom stereocenters. The van der Waals surface area contributed by atoms with Crippen molar-refractivity contribution in [3.05, 3.63) is 0 Å². The van der Waals surface area contributed by atoms with Crippen molar-refractivity contribution in [2.24, 2.45) is 0 Å². The first-order valence-corrected chi connectivity index (χ1v) is 2.82. The first-order chi connectivity index (χ1) is 3.85. The molecule has 0 aromatic rings. The Labute approximate surface area is 49.0 Å². The molecule has 0 amide bonds. The Balaban J connectivity index is 3.07. The van der Waals surface area contributed by atoms with E-state index < -0.39 is 6.23 Å². The van der Waals surface area contributed by atoms with Gasteiger partial charge in [-0.3, -0.25) is 0 Å². The summed E-state index contributed by atoms with van der Waals surface area (Å²) in [5, 5.41) is 0. The van der Waals surface area contributed by atoms with E-state index in [0.29, 0.717) is 13.0 Å². The van der Waals surface area contributed by atoms with Gasteiger partial charge in [-0.1, -0.05) is 6.92 Å². The second kappa shape index (κ2) is 5.00. The maximum atomic E-state index is 11.5. The van der Waals surface area contributed by atoms with Crippen molar-refractivity contribution in [3.8, 4) is 0 Å². The smallest absolute Gasteiger partial charge is 0.134 e. The summed E-state index contributed by atoms with van der Waals surface area (Å²) in [4.78, 5) is 0. The molecule has 0 aliphatic rings. The highest BCUT2D eigenvalue weighted by Gasteiger charge is 2.00. The second-order valence-corrected chi connectivity index (χ2v) is 1.46. The van der Waals surface area contributed by atoms with Crippen LogP contribution in [0.25, 0.3) is 0 Å². The number of hydrogen-bond donors (Lipinski definition) is 1. The summed E-state index contributed by atoms with van der Waals surface area (Å²) in [6, 6.07) is 0. The Kier molecular flexibility index (Phi) is 4.90. The summed E-state index contributed by atoms with van der Waals surface area (Å²) >= 11 is 0. The minimum absolute atomic E-state index is 0.417. The molecule has 1 N–H and O–H groups in total. The van der Waals surface area contributed by atoms with E-state index in [-0.39, 0.29) is 0 Å². The number of halogens is 1. The van der Waals surface area contributed by atoms with Gasteiger partial charge in [-0.2, -0.15) is 0 Å². The van der Waals surface area contributed by atoms with Crippen molar-refractivity contribution < 1.29 is 9.22 Å². The second-order valence-electron chi connectivity index (χ2n) is 1.46. The van der Waals surface area contributed by atoms with Gasteiger partial charge < -0.3 is 4.74 Å². The fraction of sp³-hybridized carbons (Fsp3) is 1.00. The standard InChI is InChI=1S/C5H12FNO/c1-3-5(7-6)8-4-2/h5,7H,3-4H2,1-2H3. The number of ether oxygens (including phenoxy) is 1. The summed E-state index contributed by atoms with van der Waals surface area (Å²) in [6.07, 6.45) is 0.240. The van der Waals surface area contributed by atoms with Gasteiger partial charge in [0.2, 0.25) is 0 Å². The van der Waals surface area contributed by atoms with Crippen LogP contribution in [0.15, 0.2) is 0 Å². The lowest BCUT2D eigenvalue weighted by Crippen LogP contribution is -2.23. The number of rotatable bonds is 4. The topological polar surface area (TPSA) is 21.3 Å². The Morgan fingerprint density at radius 2 is 2.25 bits per heavy atom. The monoisotopic (exact) mass is 121 g/mol. The predicted molar refractivity (Wildman–Crippen MR) is 29.9 cm³/mol. The first kappa shape index (κ1) is 7.85. The van der Waals surface area contributed by atoms with Crippen molar-refractivity contribution in [1.82, 2.24) is 5.54 Å². The molecule has 0 radical (unpaired) electrons. The molecule has 0 rings (SSSR count). The molecule has 3 heteroatoms. The molecule has 0 aliphatic heterocycles. The minimum Gasteiger partial charge on any atom is -0.361 e. The van der Waals surface area contributed by atoms with Gasteiger partial charge in [-0.25, -0.2) is 0 Å². The molecular formula is C5H12FNO. The van der Waals surface area contributed by atoms with Crippen LogP contribution in [0.4, 0.5) is 4.48 Å². The fourth-order valence-corrected chi connectivity index (χ4v) is 0.428. The molecule has 0 heterocycles. The van der Waals surface area contributed by atoms with Crippen LogP contribution in [-0.2, 0) is 4.74 Å². The molecule has 50 valence electrons. The Bertz CT molecular complexity index is 47.7. The molecule has 1 unspecified atom stereocenters. The van der Waals surface area contributed by atoms with Crippen LogP contribution in [0, 0.1) is 0 Å². The van der Waals surface area contributed by atoms with E-state index in [1.165, 1.54) is 5.54 Å². The molecule has 0 aromatic heterocycles. The zero-order chi connectivity index (χ0) is 6.41. The van der Waals surface area contributed by atoms with E-state index >= 15 is 0 Å². The normalized spacial score (nSPS) is 13.9. The van der Waals surface area contributed by atoms with E-state index in [4.69, 9.17) is 4.74 Å². The van der Waals surface area contributed by atoms with Gasteiger partial charge in [0.1, 0.15) is 6.23 Å². The van der Waals surface area contributed by atoms with E-state index in [9.17, 15) is 4.48 Å². The lowest BCUT2D eigenvalue weighted by atomic mass is 10.4. The van der Waals surface area contributed by atoms with Crippen LogP contribution in [0.2, 0.25) is 0 Å². The summed E-state index contributed by atoms with van der Waals surface area (Å²) in [5.41, 5.74) is 1.53. The Morgan fingerprint density at radius 3 is 2.38 bits per heavy atom. The molecule has 0 saturated heterocycles. The maximum absolute atomic E-state index is 11.5. The zero-order valence-electron chi connectivity index (χ0n) is 5.28. The number of nitrogens with one attached hydrogen (secondary N) is 1. The van der Waals surface area contributed by atoms with Gasteiger partial charge in [0.05, 0.1) is 0 Å². The Hall–Kier alpha value is -0.150. The van der Waals surface area contributed by atoms with Crippen molar-refractivity contribution >= 4 is 0 Å². The lowest BCUT2D eigenvalue weighted by molar-refractivity contribution is -0.00829. The van der Waals surface area contributed by atoms with Crippen LogP contribution in [0.1, 0.15) is 20.3 Å². The summed E-state index contributed by atoms with van der Waals surface area (Å²) < 4.78 is 16.3. The van der Waals surface area contributed by atoms with E-state index in [2.05, 4.69) is 0 Å². The van der Waals surface area contributed by atoms with Gasteiger partial charge in [-0.15, -0.1) is 10.0 Å². The third-order valence-electron chi connectivity index (χ3n) is 0.860. The molecular weight excluding hydrogens is 109 g/mol. The van der Waals surface area contributed by atoms with Gasteiger partial charge in [0.25, 0.3) is 0 Å². The third kappa shape index (κ3) is 2.93. The zero-order valence-corrected chi connectivity index (χ0v) is 5.28. The van der Waals surface area contributed by atoms with Crippen LogP contribution < -0.4 is 5.54 Å². The molecule has 0 aliphatic carbocycles. The molecule has 0 aromatic carbocycles. The summed E-state index contributed by atoms with van der Waals surface area (Å²) in [7, 11) is 0. The van der Waals surface area contributed by atoms with E-state index in [1.54, 1.807) is 0 Å². The highest BCUT2D eigenvalue weighted by atomic mass is 19.2. The Morgan fingerprint density at radius 1 is 1.62 bits per heavy atom. The van der Waals surface area contributed by atoms with Gasteiger partial charge in [-0.05, 0) is 13.3 Å². The molecule has 0 spiro atoms. The van der Waals surface area contributed by atoms with E-state index in [1.807, 2.05) is 13.8 Å². The SMILES string of the molecule is CCOC(CC)NF. The fourth-order valence-electron chi connectivity index (χ4n) is 0.428. The molecule has 0 saturated carbocycles. The van der Waals surface area contributed by atoms with Crippen LogP contribution in [0.3, 0.4) is 0 Å². The predicted octanol–water partition coefficient (Wildman–Crippen LogP) is 1.23. The largest absolute Gasteiger partial charge is 0.361 e. The third-order valence-corrected chi connectivity index (χ3v) is 0.860. The highest BCUT2D eigenvalue weighted by Crippen LogP contribution is 1.91. The first-order valence-electron chi connectivity index (χ1n) is 2.82. The molecule has 0 fully saturated rings. The van der Waals surface area contributed by atoms with Crippen molar-refractivity contribution in [3.63, 3.8) is 0 Å². The van der Waals surface area contributed by atoms with Crippen molar-refractivity contribution in [1.29, 1.82) is 0 Å². The molecule has 2 nitrogen and oxygen atoms in total. The summed E-state index contributed by atoms with van der Waals surface area (Å²) in [6.45, 7) is 4.24. The van der Waals surface area contributed by atoms with Crippen LogP contribution in [-0.4, -0.2) is 12.8 Å². The van der Waals surface area contributed by atoms with Crippen LogP contribution in [0.5, 0.6) is 0 Å². The average Bonchev–Trinajstić information content (AvgIpc) is 1.83. The van der Waals surface area contributed by atoms with Crippen molar-refractivity contribution in [2.75, 3.05) is 6.61 Å². The molecule has 8 heavy (non-hydrogen) atoms. The maximum Gasteiger partial charge on any atom is 0.134 e. The number of hydrogen-bond acceptors (Lipinski definition) is 2. The quantitative estimate of drug-likeness (QED) is 0.446. The van der Waals surface area contributed by atoms with Gasteiger partial charge in [0.15, 0.2) is 0 Å². The van der Waals surface area contributed by atoms with Crippen LogP contribution >= 0.6 is 0 Å². The lowest BCUT2D eigenvalue weighted by Gasteiger charge is -2.09. The summed E-state index contributed by atoms with van der Waals surface area (Å²) in [5.74, 6) is 0. The minimum atomic E-state index is -0.417. The average molecular weight is 121 g/mol. The van der Waals surface area contributed by atoms with Crippen molar-refractivity contribution in [2.45, 2.75) is 26.5 Å². The molecule has 0 bridgehead atoms.